The molecule has 28 heavy (non-hydrogen) atoms. The molecule has 0 saturated carbocycles. The van der Waals surface area contributed by atoms with E-state index in [9.17, 15) is 4.79 Å². The molecule has 3 aromatic rings. The summed E-state index contributed by atoms with van der Waals surface area (Å²) < 4.78 is 0. The van der Waals surface area contributed by atoms with E-state index in [1.165, 1.54) is 5.56 Å². The molecule has 0 unspecified atom stereocenters. The number of halogens is 1. The second-order valence-electron chi connectivity index (χ2n) is 6.48. The number of amides is 1. The Morgan fingerprint density at radius 1 is 1.04 bits per heavy atom. The largest absolute Gasteiger partial charge is 0.366 e. The van der Waals surface area contributed by atoms with E-state index in [2.05, 4.69) is 32.7 Å². The maximum Gasteiger partial charge on any atom is 0.270 e. The van der Waals surface area contributed by atoms with Crippen molar-refractivity contribution in [1.29, 1.82) is 0 Å². The molecule has 2 N–H and O–H groups in total. The first-order chi connectivity index (χ1) is 13.6. The number of hydrogen-bond donors (Lipinski definition) is 2. The van der Waals surface area contributed by atoms with E-state index in [-0.39, 0.29) is 5.91 Å². The molecule has 6 heteroatoms. The van der Waals surface area contributed by atoms with Crippen LogP contribution in [-0.2, 0) is 13.0 Å². The molecule has 0 radical (unpaired) electrons. The van der Waals surface area contributed by atoms with E-state index >= 15 is 0 Å². The number of benzene rings is 2. The summed E-state index contributed by atoms with van der Waals surface area (Å²) in [5.74, 6) is 0.944. The van der Waals surface area contributed by atoms with Gasteiger partial charge in [0.15, 0.2) is 0 Å². The molecule has 1 heterocycles. The van der Waals surface area contributed by atoms with Crippen LogP contribution in [0.3, 0.4) is 0 Å². The highest BCUT2D eigenvalue weighted by molar-refractivity contribution is 6.31. The van der Waals surface area contributed by atoms with Gasteiger partial charge in [-0.2, -0.15) is 0 Å². The van der Waals surface area contributed by atoms with E-state index in [1.54, 1.807) is 13.0 Å². The molecule has 0 atom stereocenters. The van der Waals surface area contributed by atoms with Gasteiger partial charge in [0.1, 0.15) is 17.3 Å². The molecule has 0 saturated heterocycles. The molecular weight excluding hydrogens is 372 g/mol. The minimum Gasteiger partial charge on any atom is -0.366 e. The van der Waals surface area contributed by atoms with Crippen LogP contribution in [0.1, 0.15) is 33.9 Å². The molecular formula is C22H23ClN4O. The monoisotopic (exact) mass is 394 g/mol. The standard InChI is InChI=1S/C22H23ClN4O/c1-16-26-20(22(28)24-13-7-10-17-8-3-2-4-9-17)14-21(27-16)25-15-18-11-5-6-12-19(18)23/h2-6,8-9,11-12,14H,7,10,13,15H2,1H3,(H,24,28)(H,25,26,27). The van der Waals surface area contributed by atoms with Crippen LogP contribution in [0.4, 0.5) is 5.82 Å². The van der Waals surface area contributed by atoms with Crippen molar-refractivity contribution >= 4 is 23.3 Å². The van der Waals surface area contributed by atoms with Crippen LogP contribution < -0.4 is 10.6 Å². The van der Waals surface area contributed by atoms with E-state index in [0.717, 1.165) is 18.4 Å². The van der Waals surface area contributed by atoms with Gasteiger partial charge in [-0.3, -0.25) is 4.79 Å². The lowest BCUT2D eigenvalue weighted by Gasteiger charge is -2.10. The second-order valence-corrected chi connectivity index (χ2v) is 6.88. The highest BCUT2D eigenvalue weighted by atomic mass is 35.5. The molecule has 0 fully saturated rings. The molecule has 0 aliphatic heterocycles. The molecule has 0 bridgehead atoms. The number of aromatic nitrogens is 2. The van der Waals surface area contributed by atoms with Crippen LogP contribution in [-0.4, -0.2) is 22.4 Å². The van der Waals surface area contributed by atoms with Crippen molar-refractivity contribution in [1.82, 2.24) is 15.3 Å². The number of nitrogens with zero attached hydrogens (tertiary/aromatic N) is 2. The van der Waals surface area contributed by atoms with Crippen LogP contribution >= 0.6 is 11.6 Å². The number of hydrogen-bond acceptors (Lipinski definition) is 4. The molecule has 0 aliphatic rings. The predicted octanol–water partition coefficient (Wildman–Crippen LogP) is 4.41. The fourth-order valence-electron chi connectivity index (χ4n) is 2.83. The molecule has 5 nitrogen and oxygen atoms in total. The van der Waals surface area contributed by atoms with Crippen molar-refractivity contribution < 1.29 is 4.79 Å². The Morgan fingerprint density at radius 2 is 1.79 bits per heavy atom. The van der Waals surface area contributed by atoms with Gasteiger partial charge >= 0.3 is 0 Å². The number of aryl methyl sites for hydroxylation is 2. The number of rotatable bonds is 8. The third-order valence-electron chi connectivity index (χ3n) is 4.26. The zero-order valence-corrected chi connectivity index (χ0v) is 16.5. The average Bonchev–Trinajstić information content (AvgIpc) is 2.71. The third-order valence-corrected chi connectivity index (χ3v) is 4.63. The van der Waals surface area contributed by atoms with E-state index in [0.29, 0.717) is 35.4 Å². The Kier molecular flexibility index (Phi) is 6.98. The Morgan fingerprint density at radius 3 is 2.57 bits per heavy atom. The zero-order chi connectivity index (χ0) is 19.8. The fourth-order valence-corrected chi connectivity index (χ4v) is 3.03. The van der Waals surface area contributed by atoms with Gasteiger partial charge in [0.25, 0.3) is 5.91 Å². The van der Waals surface area contributed by atoms with E-state index < -0.39 is 0 Å². The van der Waals surface area contributed by atoms with Gasteiger partial charge in [0.05, 0.1) is 0 Å². The summed E-state index contributed by atoms with van der Waals surface area (Å²) in [6.45, 7) is 2.89. The van der Waals surface area contributed by atoms with Crippen LogP contribution in [0.25, 0.3) is 0 Å². The van der Waals surface area contributed by atoms with Crippen LogP contribution in [0.2, 0.25) is 5.02 Å². The average molecular weight is 395 g/mol. The first-order valence-electron chi connectivity index (χ1n) is 9.27. The first kappa shape index (κ1) is 19.8. The van der Waals surface area contributed by atoms with Gasteiger partial charge in [-0.25, -0.2) is 9.97 Å². The van der Waals surface area contributed by atoms with Gasteiger partial charge < -0.3 is 10.6 Å². The lowest BCUT2D eigenvalue weighted by atomic mass is 10.1. The summed E-state index contributed by atoms with van der Waals surface area (Å²) >= 11 is 6.18. The van der Waals surface area contributed by atoms with Crippen LogP contribution in [0, 0.1) is 6.92 Å². The molecule has 0 aliphatic carbocycles. The molecule has 0 spiro atoms. The Labute approximate surface area is 170 Å². The zero-order valence-electron chi connectivity index (χ0n) is 15.8. The molecule has 1 amide bonds. The normalized spacial score (nSPS) is 10.5. The number of nitrogens with one attached hydrogen (secondary N) is 2. The van der Waals surface area contributed by atoms with Gasteiger partial charge in [-0.1, -0.05) is 60.1 Å². The summed E-state index contributed by atoms with van der Waals surface area (Å²) in [5, 5.41) is 6.83. The Hall–Kier alpha value is -2.92. The predicted molar refractivity (Wildman–Crippen MR) is 113 cm³/mol. The minimum absolute atomic E-state index is 0.195. The second kappa shape index (κ2) is 9.85. The molecule has 144 valence electrons. The number of carbonyl (C=O) groups excluding carboxylic acids is 1. The highest BCUT2D eigenvalue weighted by Crippen LogP contribution is 2.16. The summed E-state index contributed by atoms with van der Waals surface area (Å²) in [6.07, 6.45) is 1.80. The van der Waals surface area contributed by atoms with Gasteiger partial charge in [-0.15, -0.1) is 0 Å². The topological polar surface area (TPSA) is 66.9 Å². The van der Waals surface area contributed by atoms with Gasteiger partial charge in [0, 0.05) is 24.2 Å². The van der Waals surface area contributed by atoms with Crippen molar-refractivity contribution in [3.8, 4) is 0 Å². The highest BCUT2D eigenvalue weighted by Gasteiger charge is 2.10. The maximum absolute atomic E-state index is 12.4. The Bertz CT molecular complexity index is 931. The summed E-state index contributed by atoms with van der Waals surface area (Å²) in [6, 6.07) is 19.5. The quantitative estimate of drug-likeness (QED) is 0.555. The van der Waals surface area contributed by atoms with Crippen molar-refractivity contribution in [2.45, 2.75) is 26.3 Å². The van der Waals surface area contributed by atoms with E-state index in [1.807, 2.05) is 42.5 Å². The lowest BCUT2D eigenvalue weighted by molar-refractivity contribution is 0.0948. The third kappa shape index (κ3) is 5.79. The smallest absolute Gasteiger partial charge is 0.270 e. The van der Waals surface area contributed by atoms with Crippen molar-refractivity contribution in [3.05, 3.63) is 88.3 Å². The molecule has 3 rings (SSSR count). The fraction of sp³-hybridized carbons (Fsp3) is 0.227. The summed E-state index contributed by atoms with van der Waals surface area (Å²) in [7, 11) is 0. The van der Waals surface area contributed by atoms with Crippen LogP contribution in [0.15, 0.2) is 60.7 Å². The number of anilines is 1. The minimum atomic E-state index is -0.195. The Balaban J connectivity index is 1.54. The van der Waals surface area contributed by atoms with Crippen molar-refractivity contribution in [2.75, 3.05) is 11.9 Å². The van der Waals surface area contributed by atoms with Crippen molar-refractivity contribution in [3.63, 3.8) is 0 Å². The van der Waals surface area contributed by atoms with Gasteiger partial charge in [0.2, 0.25) is 0 Å². The van der Waals surface area contributed by atoms with Crippen LogP contribution in [0.5, 0.6) is 0 Å². The summed E-state index contributed by atoms with van der Waals surface area (Å²) in [4.78, 5) is 21.0. The molecule has 2 aromatic carbocycles. The summed E-state index contributed by atoms with van der Waals surface area (Å²) in [5.41, 5.74) is 2.59. The number of carbonyl (C=O) groups is 1. The first-order valence-corrected chi connectivity index (χ1v) is 9.65. The van der Waals surface area contributed by atoms with E-state index in [4.69, 9.17) is 11.6 Å². The van der Waals surface area contributed by atoms with Gasteiger partial charge in [-0.05, 0) is 37.0 Å². The maximum atomic E-state index is 12.4. The molecule has 1 aromatic heterocycles. The SMILES string of the molecule is Cc1nc(NCc2ccccc2Cl)cc(C(=O)NCCCc2ccccc2)n1. The van der Waals surface area contributed by atoms with Crippen molar-refractivity contribution in [2.24, 2.45) is 0 Å². The lowest BCUT2D eigenvalue weighted by Crippen LogP contribution is -2.26.